The van der Waals surface area contributed by atoms with Gasteiger partial charge >= 0.3 is 0 Å². The lowest BCUT2D eigenvalue weighted by molar-refractivity contribution is 0.234. The molecule has 1 heterocycles. The molecule has 0 saturated heterocycles. The Morgan fingerprint density at radius 3 is 2.55 bits per heavy atom. The van der Waals surface area contributed by atoms with Crippen molar-refractivity contribution in [2.75, 3.05) is 11.1 Å². The summed E-state index contributed by atoms with van der Waals surface area (Å²) in [5.74, 6) is 1.19. The summed E-state index contributed by atoms with van der Waals surface area (Å²) in [6.07, 6.45) is 0.0383. The van der Waals surface area contributed by atoms with Gasteiger partial charge in [0.15, 0.2) is 0 Å². The minimum Gasteiger partial charge on any atom is -0.473 e. The Hall–Kier alpha value is -1.94. The number of nitrogens with two attached hydrogens (primary N) is 1. The molecule has 0 aliphatic heterocycles. The van der Waals surface area contributed by atoms with Gasteiger partial charge in [-0.25, -0.2) is 0 Å². The number of nitrogens with one attached hydrogen (secondary N) is 1. The van der Waals surface area contributed by atoms with Gasteiger partial charge in [0.2, 0.25) is 5.88 Å². The number of halogens is 1. The molecule has 0 fully saturated rings. The van der Waals surface area contributed by atoms with Crippen molar-refractivity contribution in [1.29, 1.82) is 0 Å². The number of hydrogen-bond donors (Lipinski definition) is 2. The molecule has 4 nitrogen and oxygen atoms in total. The van der Waals surface area contributed by atoms with Gasteiger partial charge in [-0.15, -0.1) is 0 Å². The third kappa shape index (κ3) is 4.03. The number of anilines is 2. The Labute approximate surface area is 123 Å². The van der Waals surface area contributed by atoms with Crippen LogP contribution in [0.3, 0.4) is 0 Å². The van der Waals surface area contributed by atoms with E-state index in [4.69, 9.17) is 22.1 Å². The third-order valence-corrected chi connectivity index (χ3v) is 2.88. The molecule has 0 radical (unpaired) electrons. The number of benzene rings is 1. The van der Waals surface area contributed by atoms with E-state index in [0.29, 0.717) is 18.1 Å². The summed E-state index contributed by atoms with van der Waals surface area (Å²) in [6, 6.07) is 11.3. The number of pyridine rings is 1. The van der Waals surface area contributed by atoms with E-state index in [1.54, 1.807) is 6.07 Å². The zero-order valence-corrected chi connectivity index (χ0v) is 12.3. The Kier molecular flexibility index (Phi) is 4.69. The standard InChI is InChI=1S/C15H18ClN3O/c1-10(2)20-15-13(17)7-8-14(19-15)18-9-11-3-5-12(16)6-4-11/h3-8,10H,9,17H2,1-2H3,(H,18,19). The number of nitrogens with zero attached hydrogens (tertiary/aromatic N) is 1. The summed E-state index contributed by atoms with van der Waals surface area (Å²) in [4.78, 5) is 4.36. The molecule has 1 aromatic heterocycles. The van der Waals surface area contributed by atoms with E-state index in [9.17, 15) is 0 Å². The van der Waals surface area contributed by atoms with Crippen molar-refractivity contribution in [3.63, 3.8) is 0 Å². The van der Waals surface area contributed by atoms with Crippen LogP contribution >= 0.6 is 11.6 Å². The number of aromatic nitrogens is 1. The average molecular weight is 292 g/mol. The van der Waals surface area contributed by atoms with E-state index >= 15 is 0 Å². The molecule has 0 bridgehead atoms. The van der Waals surface area contributed by atoms with E-state index in [-0.39, 0.29) is 6.10 Å². The molecular weight excluding hydrogens is 274 g/mol. The lowest BCUT2D eigenvalue weighted by Gasteiger charge is -2.13. The Morgan fingerprint density at radius 2 is 1.90 bits per heavy atom. The molecule has 0 spiro atoms. The van der Waals surface area contributed by atoms with Crippen molar-refractivity contribution in [2.45, 2.75) is 26.5 Å². The zero-order chi connectivity index (χ0) is 14.5. The summed E-state index contributed by atoms with van der Waals surface area (Å²) in [6.45, 7) is 4.54. The molecule has 3 N–H and O–H groups in total. The van der Waals surface area contributed by atoms with Crippen molar-refractivity contribution < 1.29 is 4.74 Å². The largest absolute Gasteiger partial charge is 0.473 e. The number of hydrogen-bond acceptors (Lipinski definition) is 4. The van der Waals surface area contributed by atoms with Crippen LogP contribution in [0.25, 0.3) is 0 Å². The molecule has 1 aromatic carbocycles. The Morgan fingerprint density at radius 1 is 1.20 bits per heavy atom. The first-order valence-corrected chi connectivity index (χ1v) is 6.84. The second kappa shape index (κ2) is 6.48. The highest BCUT2D eigenvalue weighted by molar-refractivity contribution is 6.30. The van der Waals surface area contributed by atoms with E-state index < -0.39 is 0 Å². The highest BCUT2D eigenvalue weighted by Crippen LogP contribution is 2.22. The topological polar surface area (TPSA) is 60.2 Å². The first kappa shape index (κ1) is 14.5. The maximum absolute atomic E-state index is 5.85. The quantitative estimate of drug-likeness (QED) is 0.881. The van der Waals surface area contributed by atoms with Gasteiger partial charge in [-0.3, -0.25) is 0 Å². The molecule has 0 saturated carbocycles. The first-order valence-electron chi connectivity index (χ1n) is 6.46. The minimum atomic E-state index is 0.0383. The summed E-state index contributed by atoms with van der Waals surface area (Å²) in [5, 5.41) is 3.96. The van der Waals surface area contributed by atoms with Gasteiger partial charge in [-0.05, 0) is 43.7 Å². The summed E-state index contributed by atoms with van der Waals surface area (Å²) < 4.78 is 5.56. The lowest BCUT2D eigenvalue weighted by atomic mass is 10.2. The van der Waals surface area contributed by atoms with Gasteiger partial charge in [-0.1, -0.05) is 23.7 Å². The van der Waals surface area contributed by atoms with Crippen molar-refractivity contribution in [1.82, 2.24) is 4.98 Å². The smallest absolute Gasteiger partial charge is 0.239 e. The molecule has 0 aliphatic rings. The molecule has 5 heteroatoms. The second-order valence-electron chi connectivity index (χ2n) is 4.74. The van der Waals surface area contributed by atoms with Crippen LogP contribution in [0.4, 0.5) is 11.5 Å². The van der Waals surface area contributed by atoms with Crippen molar-refractivity contribution in [3.8, 4) is 5.88 Å². The zero-order valence-electron chi connectivity index (χ0n) is 11.6. The van der Waals surface area contributed by atoms with Crippen LogP contribution in [-0.4, -0.2) is 11.1 Å². The van der Waals surface area contributed by atoms with Crippen LogP contribution < -0.4 is 15.8 Å². The summed E-state index contributed by atoms with van der Waals surface area (Å²) in [7, 11) is 0. The third-order valence-electron chi connectivity index (χ3n) is 2.62. The maximum atomic E-state index is 5.85. The van der Waals surface area contributed by atoms with Crippen molar-refractivity contribution in [2.24, 2.45) is 0 Å². The van der Waals surface area contributed by atoms with Gasteiger partial charge < -0.3 is 15.8 Å². The van der Waals surface area contributed by atoms with Crippen LogP contribution in [-0.2, 0) is 6.54 Å². The van der Waals surface area contributed by atoms with Crippen LogP contribution in [0, 0.1) is 0 Å². The predicted octanol–water partition coefficient (Wildman–Crippen LogP) is 3.72. The normalized spacial score (nSPS) is 10.6. The number of nitrogen functional groups attached to an aromatic ring is 1. The molecule has 2 aromatic rings. The Balaban J connectivity index is 2.04. The minimum absolute atomic E-state index is 0.0383. The van der Waals surface area contributed by atoms with Crippen LogP contribution in [0.15, 0.2) is 36.4 Å². The van der Waals surface area contributed by atoms with E-state index in [0.717, 1.165) is 16.4 Å². The molecular formula is C15H18ClN3O. The predicted molar refractivity (Wildman–Crippen MR) is 83.2 cm³/mol. The number of ether oxygens (including phenoxy) is 1. The van der Waals surface area contributed by atoms with E-state index in [1.165, 1.54) is 0 Å². The molecule has 2 rings (SSSR count). The van der Waals surface area contributed by atoms with Crippen molar-refractivity contribution in [3.05, 3.63) is 47.0 Å². The molecule has 0 atom stereocenters. The van der Waals surface area contributed by atoms with Crippen LogP contribution in [0.2, 0.25) is 5.02 Å². The number of rotatable bonds is 5. The maximum Gasteiger partial charge on any atom is 0.239 e. The fourth-order valence-electron chi connectivity index (χ4n) is 1.66. The average Bonchev–Trinajstić information content (AvgIpc) is 2.41. The lowest BCUT2D eigenvalue weighted by Crippen LogP contribution is -2.10. The van der Waals surface area contributed by atoms with Gasteiger partial charge in [0, 0.05) is 11.6 Å². The monoisotopic (exact) mass is 291 g/mol. The SMILES string of the molecule is CC(C)Oc1nc(NCc2ccc(Cl)cc2)ccc1N. The molecule has 0 aliphatic carbocycles. The fourth-order valence-corrected chi connectivity index (χ4v) is 1.79. The second-order valence-corrected chi connectivity index (χ2v) is 5.17. The summed E-state index contributed by atoms with van der Waals surface area (Å²) >= 11 is 5.85. The first-order chi connectivity index (χ1) is 9.54. The highest BCUT2D eigenvalue weighted by Gasteiger charge is 2.06. The van der Waals surface area contributed by atoms with Crippen LogP contribution in [0.1, 0.15) is 19.4 Å². The molecule has 20 heavy (non-hydrogen) atoms. The van der Waals surface area contributed by atoms with Gasteiger partial charge in [-0.2, -0.15) is 4.98 Å². The van der Waals surface area contributed by atoms with Gasteiger partial charge in [0.05, 0.1) is 11.8 Å². The highest BCUT2D eigenvalue weighted by atomic mass is 35.5. The van der Waals surface area contributed by atoms with Gasteiger partial charge in [0.25, 0.3) is 0 Å². The summed E-state index contributed by atoms with van der Waals surface area (Å²) in [5.41, 5.74) is 7.49. The van der Waals surface area contributed by atoms with Gasteiger partial charge in [0.1, 0.15) is 5.82 Å². The van der Waals surface area contributed by atoms with E-state index in [2.05, 4.69) is 10.3 Å². The molecule has 0 unspecified atom stereocenters. The van der Waals surface area contributed by atoms with Crippen molar-refractivity contribution >= 4 is 23.1 Å². The molecule has 0 amide bonds. The fraction of sp³-hybridized carbons (Fsp3) is 0.267. The van der Waals surface area contributed by atoms with E-state index in [1.807, 2.05) is 44.2 Å². The Bertz CT molecular complexity index is 570. The molecule has 106 valence electrons. The van der Waals surface area contributed by atoms with Crippen LogP contribution in [0.5, 0.6) is 5.88 Å².